The number of fused-ring (bicyclic) bond motifs is 1. The van der Waals surface area contributed by atoms with Crippen molar-refractivity contribution in [2.75, 3.05) is 18.4 Å². The highest BCUT2D eigenvalue weighted by atomic mass is 15.1. The predicted octanol–water partition coefficient (Wildman–Crippen LogP) is 4.84. The summed E-state index contributed by atoms with van der Waals surface area (Å²) in [5.41, 5.74) is 5.37. The van der Waals surface area contributed by atoms with Crippen LogP contribution in [-0.2, 0) is 0 Å². The van der Waals surface area contributed by atoms with E-state index in [1.54, 1.807) is 0 Å². The zero-order chi connectivity index (χ0) is 17.6. The molecule has 0 radical (unpaired) electrons. The molecule has 5 nitrogen and oxygen atoms in total. The van der Waals surface area contributed by atoms with Crippen LogP contribution in [0.2, 0.25) is 0 Å². The zero-order valence-corrected chi connectivity index (χ0v) is 15.0. The van der Waals surface area contributed by atoms with E-state index < -0.39 is 0 Å². The van der Waals surface area contributed by atoms with Crippen molar-refractivity contribution in [2.24, 2.45) is 0 Å². The third kappa shape index (κ3) is 3.85. The Balaban J connectivity index is 1.80. The van der Waals surface area contributed by atoms with Crippen LogP contribution in [0.4, 0.5) is 5.82 Å². The van der Waals surface area contributed by atoms with Gasteiger partial charge in [-0.25, -0.2) is 11.6 Å². The van der Waals surface area contributed by atoms with E-state index in [4.69, 9.17) is 11.6 Å². The Morgan fingerprint density at radius 2 is 2.04 bits per heavy atom. The third-order valence-corrected chi connectivity index (χ3v) is 4.39. The molecule has 0 aliphatic heterocycles. The molecule has 3 rings (SSSR count). The first-order chi connectivity index (χ1) is 12.2. The van der Waals surface area contributed by atoms with E-state index in [-0.39, 0.29) is 0 Å². The number of rotatable bonds is 8. The van der Waals surface area contributed by atoms with Crippen LogP contribution in [0.15, 0.2) is 30.5 Å². The normalized spacial score (nSPS) is 10.9. The van der Waals surface area contributed by atoms with Gasteiger partial charge in [0.25, 0.3) is 0 Å². The average molecular weight is 335 g/mol. The van der Waals surface area contributed by atoms with Gasteiger partial charge in [-0.05, 0) is 56.5 Å². The summed E-state index contributed by atoms with van der Waals surface area (Å²) in [5, 5.41) is 3.60. The fourth-order valence-electron chi connectivity index (χ4n) is 3.24. The quantitative estimate of drug-likeness (QED) is 0.457. The molecule has 0 atom stereocenters. The van der Waals surface area contributed by atoms with Gasteiger partial charge in [-0.2, -0.15) is 0 Å². The lowest BCUT2D eigenvalue weighted by atomic mass is 10.2. The van der Waals surface area contributed by atoms with E-state index in [2.05, 4.69) is 51.6 Å². The van der Waals surface area contributed by atoms with Crippen LogP contribution < -0.4 is 5.32 Å². The van der Waals surface area contributed by atoms with Crippen LogP contribution in [0.3, 0.4) is 0 Å². The van der Waals surface area contributed by atoms with Crippen LogP contribution in [0, 0.1) is 20.4 Å². The summed E-state index contributed by atoms with van der Waals surface area (Å²) in [6.07, 6.45) is 6.30. The Labute approximate surface area is 148 Å². The van der Waals surface area contributed by atoms with E-state index in [1.165, 1.54) is 11.3 Å². The third-order valence-electron chi connectivity index (χ3n) is 4.39. The number of aromatic nitrogens is 3. The van der Waals surface area contributed by atoms with E-state index in [0.29, 0.717) is 6.54 Å². The zero-order valence-electron chi connectivity index (χ0n) is 15.0. The maximum absolute atomic E-state index is 6.82. The number of aryl methyl sites for hydroxylation is 2. The van der Waals surface area contributed by atoms with Gasteiger partial charge >= 0.3 is 0 Å². The highest BCUT2D eigenvalue weighted by Crippen LogP contribution is 2.29. The summed E-state index contributed by atoms with van der Waals surface area (Å²) >= 11 is 0. The number of hydrogen-bond donors (Lipinski definition) is 2. The molecule has 3 aromatic rings. The number of H-pyrrole nitrogens is 1. The van der Waals surface area contributed by atoms with Crippen LogP contribution in [-0.4, -0.2) is 27.5 Å². The molecule has 3 heterocycles. The Morgan fingerprint density at radius 3 is 2.80 bits per heavy atom. The molecule has 0 fully saturated rings. The van der Waals surface area contributed by atoms with Gasteiger partial charge in [0.2, 0.25) is 6.54 Å². The SMILES string of the molecule is [C-]#[N+]CCCCCCNc1c(-c2ccc[nH]2)nc2cc(C)cc(C)n12. The van der Waals surface area contributed by atoms with Crippen molar-refractivity contribution >= 4 is 11.5 Å². The lowest BCUT2D eigenvalue weighted by Crippen LogP contribution is -2.06. The minimum absolute atomic E-state index is 0.649. The maximum Gasteiger partial charge on any atom is 0.214 e. The first kappa shape index (κ1) is 17.1. The van der Waals surface area contributed by atoms with Gasteiger partial charge in [-0.3, -0.25) is 4.40 Å². The van der Waals surface area contributed by atoms with Crippen LogP contribution in [0.5, 0.6) is 0 Å². The Kier molecular flexibility index (Phi) is 5.39. The average Bonchev–Trinajstić information content (AvgIpc) is 3.21. The van der Waals surface area contributed by atoms with E-state index in [0.717, 1.165) is 55.1 Å². The number of pyridine rings is 1. The summed E-state index contributed by atoms with van der Waals surface area (Å²) in [5.74, 6) is 1.05. The number of imidazole rings is 1. The minimum atomic E-state index is 0.649. The van der Waals surface area contributed by atoms with E-state index in [1.807, 2.05) is 12.3 Å². The second-order valence-corrected chi connectivity index (χ2v) is 6.48. The van der Waals surface area contributed by atoms with Crippen molar-refractivity contribution in [3.63, 3.8) is 0 Å². The van der Waals surface area contributed by atoms with Crippen LogP contribution in [0.1, 0.15) is 36.9 Å². The van der Waals surface area contributed by atoms with E-state index >= 15 is 0 Å². The monoisotopic (exact) mass is 335 g/mol. The molecular weight excluding hydrogens is 310 g/mol. The van der Waals surface area contributed by atoms with Crippen molar-refractivity contribution in [3.05, 3.63) is 53.1 Å². The summed E-state index contributed by atoms with van der Waals surface area (Å²) in [6, 6.07) is 8.36. The van der Waals surface area contributed by atoms with Crippen LogP contribution in [0.25, 0.3) is 21.9 Å². The van der Waals surface area contributed by atoms with E-state index in [9.17, 15) is 0 Å². The number of unbranched alkanes of at least 4 members (excludes halogenated alkanes) is 3. The largest absolute Gasteiger partial charge is 0.369 e. The second kappa shape index (κ2) is 7.89. The molecule has 0 spiro atoms. The first-order valence-corrected chi connectivity index (χ1v) is 8.91. The second-order valence-electron chi connectivity index (χ2n) is 6.48. The molecule has 0 unspecified atom stereocenters. The minimum Gasteiger partial charge on any atom is -0.369 e. The number of nitrogens with one attached hydrogen (secondary N) is 2. The molecular formula is C20H25N5. The van der Waals surface area contributed by atoms with Gasteiger partial charge < -0.3 is 15.1 Å². The molecule has 5 heteroatoms. The van der Waals surface area contributed by atoms with Gasteiger partial charge in [-0.1, -0.05) is 6.42 Å². The standard InChI is InChI=1S/C20H25N5/c1-15-13-16(2)25-18(14-15)24-19(17-9-8-12-22-17)20(25)23-11-7-5-4-6-10-21-3/h8-9,12-14,22-23H,4-7,10-11H2,1-2H3. The molecule has 2 N–H and O–H groups in total. The van der Waals surface area contributed by atoms with Crippen molar-refractivity contribution in [1.82, 2.24) is 14.4 Å². The Morgan fingerprint density at radius 1 is 1.20 bits per heavy atom. The summed E-state index contributed by atoms with van der Waals surface area (Å²) < 4.78 is 2.20. The molecule has 0 saturated carbocycles. The first-order valence-electron chi connectivity index (χ1n) is 8.91. The number of nitrogens with zero attached hydrogens (tertiary/aromatic N) is 3. The van der Waals surface area contributed by atoms with Crippen LogP contribution >= 0.6 is 0 Å². The number of aromatic amines is 1. The van der Waals surface area contributed by atoms with Gasteiger partial charge in [0.15, 0.2) is 0 Å². The van der Waals surface area contributed by atoms with Crippen molar-refractivity contribution in [1.29, 1.82) is 0 Å². The van der Waals surface area contributed by atoms with Gasteiger partial charge in [-0.15, -0.1) is 0 Å². The molecule has 0 bridgehead atoms. The van der Waals surface area contributed by atoms with Gasteiger partial charge in [0, 0.05) is 24.9 Å². The molecule has 0 aliphatic carbocycles. The van der Waals surface area contributed by atoms with Crippen molar-refractivity contribution in [2.45, 2.75) is 39.5 Å². The molecule has 3 aromatic heterocycles. The number of hydrogen-bond acceptors (Lipinski definition) is 2. The Bertz CT molecular complexity index is 868. The maximum atomic E-state index is 6.82. The molecule has 0 aromatic carbocycles. The summed E-state index contributed by atoms with van der Waals surface area (Å²) in [7, 11) is 0. The molecule has 0 amide bonds. The lowest BCUT2D eigenvalue weighted by Gasteiger charge is -2.10. The summed E-state index contributed by atoms with van der Waals surface area (Å²) in [6.45, 7) is 12.6. The van der Waals surface area contributed by atoms with Crippen molar-refractivity contribution < 1.29 is 0 Å². The predicted molar refractivity (Wildman–Crippen MR) is 103 cm³/mol. The number of anilines is 1. The Hall–Kier alpha value is -2.74. The topological polar surface area (TPSA) is 49.5 Å². The fourth-order valence-corrected chi connectivity index (χ4v) is 3.24. The smallest absolute Gasteiger partial charge is 0.214 e. The van der Waals surface area contributed by atoms with Gasteiger partial charge in [0.1, 0.15) is 17.2 Å². The molecule has 0 saturated heterocycles. The molecule has 130 valence electrons. The highest BCUT2D eigenvalue weighted by molar-refractivity contribution is 5.75. The molecule has 25 heavy (non-hydrogen) atoms. The van der Waals surface area contributed by atoms with Gasteiger partial charge in [0.05, 0.1) is 5.69 Å². The van der Waals surface area contributed by atoms with Crippen molar-refractivity contribution in [3.8, 4) is 11.4 Å². The fraction of sp³-hybridized carbons (Fsp3) is 0.400. The lowest BCUT2D eigenvalue weighted by molar-refractivity contribution is 0.677. The molecule has 0 aliphatic rings. The summed E-state index contributed by atoms with van der Waals surface area (Å²) in [4.78, 5) is 11.5. The highest BCUT2D eigenvalue weighted by Gasteiger charge is 2.16.